The topological polar surface area (TPSA) is 101 Å². The van der Waals surface area contributed by atoms with Gasteiger partial charge in [0.15, 0.2) is 0 Å². The van der Waals surface area contributed by atoms with Crippen molar-refractivity contribution in [2.24, 2.45) is 7.05 Å². The number of nitrogens with one attached hydrogen (secondary N) is 2. The molecule has 0 spiro atoms. The molecule has 2 N–H and O–H groups in total. The Morgan fingerprint density at radius 3 is 2.38 bits per heavy atom. The van der Waals surface area contributed by atoms with Crippen molar-refractivity contribution in [2.75, 3.05) is 6.54 Å². The zero-order valence-corrected chi connectivity index (χ0v) is 19.1. The standard InChI is InChI=1S/C25H22N4O4S/c1-28-15-21(18-11-7-8-14-22(18)28)24-19-12-5-6-13-20(19)25(31)29(24)16-23(30)26-27-34(32,33)17-9-3-2-4-10-17/h2-15,24,27H,16H2,1H3,(H,26,30). The molecular weight excluding hydrogens is 452 g/mol. The smallest absolute Gasteiger partial charge is 0.257 e. The van der Waals surface area contributed by atoms with Crippen molar-refractivity contribution in [3.63, 3.8) is 0 Å². The Morgan fingerprint density at radius 1 is 0.912 bits per heavy atom. The number of carbonyl (C=O) groups excluding carboxylic acids is 2. The number of aromatic nitrogens is 1. The Labute approximate surface area is 196 Å². The lowest BCUT2D eigenvalue weighted by Crippen LogP contribution is -2.47. The van der Waals surface area contributed by atoms with Crippen molar-refractivity contribution in [2.45, 2.75) is 10.9 Å². The maximum Gasteiger partial charge on any atom is 0.257 e. The fourth-order valence-electron chi connectivity index (χ4n) is 4.44. The van der Waals surface area contributed by atoms with E-state index in [2.05, 4.69) is 10.3 Å². The van der Waals surface area contributed by atoms with E-state index in [0.717, 1.165) is 22.0 Å². The van der Waals surface area contributed by atoms with Crippen LogP contribution in [0.4, 0.5) is 0 Å². The van der Waals surface area contributed by atoms with Crippen LogP contribution in [-0.4, -0.2) is 36.2 Å². The van der Waals surface area contributed by atoms with E-state index < -0.39 is 22.0 Å². The van der Waals surface area contributed by atoms with Gasteiger partial charge in [0.25, 0.3) is 21.8 Å². The van der Waals surface area contributed by atoms with Gasteiger partial charge in [-0.3, -0.25) is 15.0 Å². The minimum Gasteiger partial charge on any atom is -0.350 e. The van der Waals surface area contributed by atoms with Gasteiger partial charge in [0.2, 0.25) is 0 Å². The third-order valence-electron chi connectivity index (χ3n) is 5.97. The first-order valence-electron chi connectivity index (χ1n) is 10.7. The maximum absolute atomic E-state index is 13.3. The summed E-state index contributed by atoms with van der Waals surface area (Å²) in [6, 6.07) is 22.4. The Hall–Kier alpha value is -3.95. The van der Waals surface area contributed by atoms with Crippen LogP contribution >= 0.6 is 0 Å². The first-order chi connectivity index (χ1) is 16.4. The minimum absolute atomic E-state index is 0.0218. The quantitative estimate of drug-likeness (QED) is 0.420. The lowest BCUT2D eigenvalue weighted by Gasteiger charge is -2.25. The monoisotopic (exact) mass is 474 g/mol. The summed E-state index contributed by atoms with van der Waals surface area (Å²) in [6.45, 7) is -0.321. The summed E-state index contributed by atoms with van der Waals surface area (Å²) in [7, 11) is -2.00. The lowest BCUT2D eigenvalue weighted by molar-refractivity contribution is -0.122. The number of hydrogen-bond donors (Lipinski definition) is 2. The molecule has 0 aliphatic carbocycles. The second-order valence-corrected chi connectivity index (χ2v) is 9.78. The van der Waals surface area contributed by atoms with Gasteiger partial charge in [-0.15, -0.1) is 4.83 Å². The molecule has 172 valence electrons. The van der Waals surface area contributed by atoms with Gasteiger partial charge in [-0.1, -0.05) is 54.6 Å². The number of fused-ring (bicyclic) bond motifs is 2. The van der Waals surface area contributed by atoms with E-state index in [4.69, 9.17) is 0 Å². The van der Waals surface area contributed by atoms with Crippen molar-refractivity contribution in [3.05, 3.63) is 102 Å². The summed E-state index contributed by atoms with van der Waals surface area (Å²) in [4.78, 5) is 29.7. The molecule has 0 saturated heterocycles. The Kier molecular flexibility index (Phi) is 5.43. The second-order valence-electron chi connectivity index (χ2n) is 8.10. The van der Waals surface area contributed by atoms with Crippen LogP contribution in [0.3, 0.4) is 0 Å². The van der Waals surface area contributed by atoms with Gasteiger partial charge in [0.1, 0.15) is 6.54 Å². The average molecular weight is 475 g/mol. The number of hydrazine groups is 1. The highest BCUT2D eigenvalue weighted by molar-refractivity contribution is 7.89. The molecule has 8 nitrogen and oxygen atoms in total. The Balaban J connectivity index is 1.44. The zero-order valence-electron chi connectivity index (χ0n) is 18.3. The second kappa shape index (κ2) is 8.44. The Bertz CT molecular complexity index is 1510. The number of amides is 2. The maximum atomic E-state index is 13.3. The first kappa shape index (κ1) is 21.9. The van der Waals surface area contributed by atoms with Crippen LogP contribution in [0.2, 0.25) is 0 Å². The van der Waals surface area contributed by atoms with E-state index in [-0.39, 0.29) is 17.3 Å². The molecule has 0 saturated carbocycles. The van der Waals surface area contributed by atoms with E-state index in [1.165, 1.54) is 17.0 Å². The average Bonchev–Trinajstić information content (AvgIpc) is 3.32. The molecule has 0 bridgehead atoms. The number of nitrogens with zero attached hydrogens (tertiary/aromatic N) is 2. The van der Waals surface area contributed by atoms with Gasteiger partial charge in [0, 0.05) is 35.3 Å². The van der Waals surface area contributed by atoms with Crippen LogP contribution in [0.25, 0.3) is 10.9 Å². The fourth-order valence-corrected chi connectivity index (χ4v) is 5.32. The van der Waals surface area contributed by atoms with E-state index >= 15 is 0 Å². The van der Waals surface area contributed by atoms with Crippen LogP contribution in [-0.2, 0) is 21.9 Å². The summed E-state index contributed by atoms with van der Waals surface area (Å²) in [5.74, 6) is -0.930. The molecule has 1 aliphatic heterocycles. The van der Waals surface area contributed by atoms with Crippen molar-refractivity contribution >= 4 is 32.7 Å². The van der Waals surface area contributed by atoms with Crippen molar-refractivity contribution < 1.29 is 18.0 Å². The number of sulfonamides is 1. The van der Waals surface area contributed by atoms with Gasteiger partial charge in [-0.05, 0) is 29.8 Å². The summed E-state index contributed by atoms with van der Waals surface area (Å²) in [5, 5.41) is 0.981. The molecule has 1 aliphatic rings. The summed E-state index contributed by atoms with van der Waals surface area (Å²) >= 11 is 0. The molecule has 0 fully saturated rings. The highest BCUT2D eigenvalue weighted by Crippen LogP contribution is 2.41. The molecular formula is C25H22N4O4S. The first-order valence-corrected chi connectivity index (χ1v) is 12.1. The predicted octanol–water partition coefficient (Wildman–Crippen LogP) is 2.73. The number of benzene rings is 3. The van der Waals surface area contributed by atoms with Crippen molar-refractivity contribution in [1.29, 1.82) is 0 Å². The molecule has 4 aromatic rings. The van der Waals surface area contributed by atoms with Crippen LogP contribution < -0.4 is 10.3 Å². The normalized spacial score (nSPS) is 15.5. The van der Waals surface area contributed by atoms with Crippen LogP contribution in [0.1, 0.15) is 27.5 Å². The van der Waals surface area contributed by atoms with Gasteiger partial charge >= 0.3 is 0 Å². The molecule has 2 amide bonds. The molecule has 3 aromatic carbocycles. The highest BCUT2D eigenvalue weighted by Gasteiger charge is 2.39. The van der Waals surface area contributed by atoms with E-state index in [1.54, 1.807) is 30.3 Å². The van der Waals surface area contributed by atoms with Gasteiger partial charge in [-0.25, -0.2) is 8.42 Å². The van der Waals surface area contributed by atoms with Crippen LogP contribution in [0.15, 0.2) is 90.0 Å². The molecule has 5 rings (SSSR count). The molecule has 1 atom stereocenters. The third-order valence-corrected chi connectivity index (χ3v) is 7.24. The number of aryl methyl sites for hydroxylation is 1. The van der Waals surface area contributed by atoms with E-state index in [1.807, 2.05) is 54.2 Å². The zero-order chi connectivity index (χ0) is 23.9. The van der Waals surface area contributed by atoms with Crippen LogP contribution in [0.5, 0.6) is 0 Å². The lowest BCUT2D eigenvalue weighted by atomic mass is 9.97. The molecule has 0 radical (unpaired) electrons. The third kappa shape index (κ3) is 3.74. The number of rotatable bonds is 6. The predicted molar refractivity (Wildman–Crippen MR) is 127 cm³/mol. The van der Waals surface area contributed by atoms with Crippen molar-refractivity contribution in [1.82, 2.24) is 19.7 Å². The van der Waals surface area contributed by atoms with Crippen LogP contribution in [0, 0.1) is 0 Å². The molecule has 1 unspecified atom stereocenters. The summed E-state index contributed by atoms with van der Waals surface area (Å²) in [6.07, 6.45) is 1.97. The minimum atomic E-state index is -3.94. The molecule has 1 aromatic heterocycles. The Morgan fingerprint density at radius 2 is 1.59 bits per heavy atom. The van der Waals surface area contributed by atoms with E-state index in [9.17, 15) is 18.0 Å². The van der Waals surface area contributed by atoms with Crippen molar-refractivity contribution in [3.8, 4) is 0 Å². The summed E-state index contributed by atoms with van der Waals surface area (Å²) < 4.78 is 26.9. The van der Waals surface area contributed by atoms with E-state index in [0.29, 0.717) is 5.56 Å². The fraction of sp³-hybridized carbons (Fsp3) is 0.120. The molecule has 9 heteroatoms. The summed E-state index contributed by atoms with van der Waals surface area (Å²) in [5.41, 5.74) is 5.47. The number of hydrogen-bond acceptors (Lipinski definition) is 4. The SMILES string of the molecule is Cn1cc(C2c3ccccc3C(=O)N2CC(=O)NNS(=O)(=O)c2ccccc2)c2ccccc21. The molecule has 34 heavy (non-hydrogen) atoms. The highest BCUT2D eigenvalue weighted by atomic mass is 32.2. The molecule has 2 heterocycles. The number of carbonyl (C=O) groups is 2. The van der Waals surface area contributed by atoms with Gasteiger partial charge in [0.05, 0.1) is 10.9 Å². The van der Waals surface area contributed by atoms with Gasteiger partial charge in [-0.2, -0.15) is 0 Å². The number of para-hydroxylation sites is 1. The largest absolute Gasteiger partial charge is 0.350 e. The van der Waals surface area contributed by atoms with Gasteiger partial charge < -0.3 is 9.47 Å².